The van der Waals surface area contributed by atoms with E-state index >= 15 is 0 Å². The molecule has 0 aromatic rings. The van der Waals surface area contributed by atoms with Crippen molar-refractivity contribution in [2.45, 2.75) is 26.3 Å². The average molecular weight is 156 g/mol. The van der Waals surface area contributed by atoms with Gasteiger partial charge in [0, 0.05) is 19.2 Å². The highest BCUT2D eigenvalue weighted by atomic mass is 16.3. The zero-order valence-electron chi connectivity index (χ0n) is 7.17. The second-order valence-corrected chi connectivity index (χ2v) is 2.96. The van der Waals surface area contributed by atoms with E-state index in [0.717, 1.165) is 6.54 Å². The second kappa shape index (κ2) is 6.14. The van der Waals surface area contributed by atoms with E-state index < -0.39 is 0 Å². The third-order valence-electron chi connectivity index (χ3n) is 1.52. The monoisotopic (exact) mass is 156 g/mol. The Morgan fingerprint density at radius 1 is 1.55 bits per heavy atom. The number of rotatable bonds is 5. The van der Waals surface area contributed by atoms with Gasteiger partial charge in [0.2, 0.25) is 0 Å². The lowest BCUT2D eigenvalue weighted by Crippen LogP contribution is -2.31. The molecule has 0 heterocycles. The molecule has 2 atom stereocenters. The number of hydrogen-bond acceptors (Lipinski definition) is 3. The van der Waals surface area contributed by atoms with Crippen LogP contribution in [0.15, 0.2) is 0 Å². The molecule has 0 aromatic carbocycles. The zero-order chi connectivity index (χ0) is 8.69. The maximum Gasteiger partial charge on any atom is 0.0638 e. The summed E-state index contributed by atoms with van der Waals surface area (Å²) < 4.78 is 0. The highest BCUT2D eigenvalue weighted by Gasteiger charge is 2.02. The first-order chi connectivity index (χ1) is 5.20. The van der Waals surface area contributed by atoms with E-state index in [4.69, 9.17) is 10.4 Å². The summed E-state index contributed by atoms with van der Waals surface area (Å²) in [5.41, 5.74) is 0. The molecular formula is C8H16N2O. The fraction of sp³-hybridized carbons (Fsp3) is 0.875. The number of nitriles is 1. The standard InChI is InChI=1S/C8H16N2O/c1-7(6-11)5-10-8(2)3-4-9/h7-8,10-11H,3,5-6H2,1-2H3. The van der Waals surface area contributed by atoms with Gasteiger partial charge in [0.15, 0.2) is 0 Å². The van der Waals surface area contributed by atoms with Crippen molar-refractivity contribution in [1.82, 2.24) is 5.32 Å². The van der Waals surface area contributed by atoms with Crippen molar-refractivity contribution in [2.75, 3.05) is 13.2 Å². The summed E-state index contributed by atoms with van der Waals surface area (Å²) in [7, 11) is 0. The van der Waals surface area contributed by atoms with E-state index in [1.807, 2.05) is 13.8 Å². The van der Waals surface area contributed by atoms with Gasteiger partial charge < -0.3 is 10.4 Å². The largest absolute Gasteiger partial charge is 0.396 e. The van der Waals surface area contributed by atoms with Crippen molar-refractivity contribution in [3.05, 3.63) is 0 Å². The van der Waals surface area contributed by atoms with Crippen molar-refractivity contribution in [1.29, 1.82) is 5.26 Å². The minimum absolute atomic E-state index is 0.201. The Hall–Kier alpha value is -0.590. The van der Waals surface area contributed by atoms with Crippen LogP contribution in [0.5, 0.6) is 0 Å². The molecule has 2 N–H and O–H groups in total. The smallest absolute Gasteiger partial charge is 0.0638 e. The summed E-state index contributed by atoms with van der Waals surface area (Å²) in [6, 6.07) is 2.31. The van der Waals surface area contributed by atoms with Gasteiger partial charge in [-0.3, -0.25) is 0 Å². The van der Waals surface area contributed by atoms with E-state index in [2.05, 4.69) is 11.4 Å². The zero-order valence-corrected chi connectivity index (χ0v) is 7.17. The first-order valence-corrected chi connectivity index (χ1v) is 3.92. The van der Waals surface area contributed by atoms with Crippen LogP contribution in [0, 0.1) is 17.2 Å². The fourth-order valence-corrected chi connectivity index (χ4v) is 0.676. The van der Waals surface area contributed by atoms with Gasteiger partial charge in [-0.1, -0.05) is 6.92 Å². The summed E-state index contributed by atoms with van der Waals surface area (Å²) in [4.78, 5) is 0. The van der Waals surface area contributed by atoms with Crippen LogP contribution in [0.3, 0.4) is 0 Å². The Labute approximate surface area is 68.0 Å². The van der Waals surface area contributed by atoms with Gasteiger partial charge in [-0.2, -0.15) is 5.26 Å². The summed E-state index contributed by atoms with van der Waals surface area (Å²) in [5.74, 6) is 0.274. The summed E-state index contributed by atoms with van der Waals surface area (Å²) >= 11 is 0. The second-order valence-electron chi connectivity index (χ2n) is 2.96. The number of nitrogens with zero attached hydrogens (tertiary/aromatic N) is 1. The van der Waals surface area contributed by atoms with Crippen molar-refractivity contribution in [3.8, 4) is 6.07 Å². The van der Waals surface area contributed by atoms with Gasteiger partial charge >= 0.3 is 0 Å². The normalized spacial score (nSPS) is 15.5. The van der Waals surface area contributed by atoms with Gasteiger partial charge in [-0.15, -0.1) is 0 Å². The molecule has 0 saturated carbocycles. The molecule has 64 valence electrons. The highest BCUT2D eigenvalue weighted by molar-refractivity contribution is 4.77. The maximum absolute atomic E-state index is 8.67. The molecule has 0 amide bonds. The van der Waals surface area contributed by atoms with Crippen LogP contribution < -0.4 is 5.32 Å². The van der Waals surface area contributed by atoms with Crippen molar-refractivity contribution in [2.24, 2.45) is 5.92 Å². The first-order valence-electron chi connectivity index (χ1n) is 3.92. The molecule has 0 fully saturated rings. The van der Waals surface area contributed by atoms with E-state index in [0.29, 0.717) is 6.42 Å². The van der Waals surface area contributed by atoms with Gasteiger partial charge in [-0.25, -0.2) is 0 Å². The molecule has 0 saturated heterocycles. The van der Waals surface area contributed by atoms with Gasteiger partial charge in [0.25, 0.3) is 0 Å². The Kier molecular flexibility index (Phi) is 5.81. The Morgan fingerprint density at radius 3 is 2.64 bits per heavy atom. The molecule has 0 aliphatic heterocycles. The van der Waals surface area contributed by atoms with Crippen LogP contribution in [0.4, 0.5) is 0 Å². The molecule has 2 unspecified atom stereocenters. The molecule has 3 heteroatoms. The number of aliphatic hydroxyl groups is 1. The molecule has 0 aliphatic carbocycles. The fourth-order valence-electron chi connectivity index (χ4n) is 0.676. The Morgan fingerprint density at radius 2 is 2.18 bits per heavy atom. The summed E-state index contributed by atoms with van der Waals surface area (Å²) in [6.45, 7) is 4.91. The van der Waals surface area contributed by atoms with E-state index in [9.17, 15) is 0 Å². The van der Waals surface area contributed by atoms with Crippen LogP contribution in [0.2, 0.25) is 0 Å². The van der Waals surface area contributed by atoms with Crippen molar-refractivity contribution >= 4 is 0 Å². The SMILES string of the molecule is CC(CO)CNC(C)CC#N. The molecular weight excluding hydrogens is 140 g/mol. The minimum atomic E-state index is 0.201. The molecule has 11 heavy (non-hydrogen) atoms. The summed E-state index contributed by atoms with van der Waals surface area (Å²) in [5, 5.41) is 20.1. The molecule has 0 aliphatic rings. The van der Waals surface area contributed by atoms with Crippen molar-refractivity contribution in [3.63, 3.8) is 0 Å². The third kappa shape index (κ3) is 5.84. The number of nitrogens with one attached hydrogen (secondary N) is 1. The van der Waals surface area contributed by atoms with Gasteiger partial charge in [0.1, 0.15) is 0 Å². The summed E-state index contributed by atoms with van der Waals surface area (Å²) in [6.07, 6.45) is 0.526. The van der Waals surface area contributed by atoms with Gasteiger partial charge in [-0.05, 0) is 12.8 Å². The van der Waals surface area contributed by atoms with Crippen molar-refractivity contribution < 1.29 is 5.11 Å². The third-order valence-corrected chi connectivity index (χ3v) is 1.52. The maximum atomic E-state index is 8.67. The lowest BCUT2D eigenvalue weighted by Gasteiger charge is -2.13. The van der Waals surface area contributed by atoms with Gasteiger partial charge in [0.05, 0.1) is 12.5 Å². The molecule has 0 spiro atoms. The Balaban J connectivity index is 3.31. The minimum Gasteiger partial charge on any atom is -0.396 e. The lowest BCUT2D eigenvalue weighted by molar-refractivity contribution is 0.231. The topological polar surface area (TPSA) is 56.0 Å². The molecule has 0 bridgehead atoms. The number of aliphatic hydroxyl groups excluding tert-OH is 1. The average Bonchev–Trinajstić information content (AvgIpc) is 2.01. The van der Waals surface area contributed by atoms with E-state index in [-0.39, 0.29) is 18.6 Å². The van der Waals surface area contributed by atoms with E-state index in [1.165, 1.54) is 0 Å². The predicted molar refractivity (Wildman–Crippen MR) is 43.9 cm³/mol. The highest BCUT2D eigenvalue weighted by Crippen LogP contribution is 1.92. The number of hydrogen-bond donors (Lipinski definition) is 2. The lowest BCUT2D eigenvalue weighted by atomic mass is 10.2. The van der Waals surface area contributed by atoms with Crippen LogP contribution in [0.25, 0.3) is 0 Å². The first kappa shape index (κ1) is 10.4. The predicted octanol–water partition coefficient (Wildman–Crippen LogP) is 0.507. The Bertz CT molecular complexity index is 131. The molecule has 3 nitrogen and oxygen atoms in total. The quantitative estimate of drug-likeness (QED) is 0.609. The van der Waals surface area contributed by atoms with Crippen LogP contribution in [-0.2, 0) is 0 Å². The molecule has 0 radical (unpaired) electrons. The van der Waals surface area contributed by atoms with E-state index in [1.54, 1.807) is 0 Å². The molecule has 0 aromatic heterocycles. The van der Waals surface area contributed by atoms with Crippen LogP contribution in [-0.4, -0.2) is 24.3 Å². The molecule has 0 rings (SSSR count). The van der Waals surface area contributed by atoms with Crippen LogP contribution >= 0.6 is 0 Å². The van der Waals surface area contributed by atoms with Crippen LogP contribution in [0.1, 0.15) is 20.3 Å².